The van der Waals surface area contributed by atoms with Crippen molar-refractivity contribution in [2.75, 3.05) is 43.4 Å². The van der Waals surface area contributed by atoms with Crippen LogP contribution in [0.25, 0.3) is 0 Å². The zero-order valence-electron chi connectivity index (χ0n) is 15.4. The fourth-order valence-electron chi connectivity index (χ4n) is 3.17. The van der Waals surface area contributed by atoms with Crippen LogP contribution in [0.15, 0.2) is 29.3 Å². The van der Waals surface area contributed by atoms with Gasteiger partial charge in [-0.2, -0.15) is 11.8 Å². The van der Waals surface area contributed by atoms with Crippen LogP contribution in [0.5, 0.6) is 5.75 Å². The van der Waals surface area contributed by atoms with E-state index < -0.39 is 0 Å². The Labute approximate surface area is 159 Å². The predicted molar refractivity (Wildman–Crippen MR) is 108 cm³/mol. The lowest BCUT2D eigenvalue weighted by Gasteiger charge is -2.29. The number of rotatable bonds is 7. The number of guanidine groups is 1. The number of hydrogen-bond donors (Lipinski definition) is 2. The highest BCUT2D eigenvalue weighted by atomic mass is 32.2. The smallest absolute Gasteiger partial charge is 0.265 e. The molecule has 1 saturated heterocycles. The van der Waals surface area contributed by atoms with E-state index in [0.717, 1.165) is 43.5 Å². The molecule has 6 nitrogen and oxygen atoms in total. The number of aliphatic imine (C=N–C) groups is 1. The number of benzene rings is 1. The van der Waals surface area contributed by atoms with Crippen molar-refractivity contribution in [1.29, 1.82) is 0 Å². The van der Waals surface area contributed by atoms with Gasteiger partial charge in [-0.15, -0.1) is 0 Å². The summed E-state index contributed by atoms with van der Waals surface area (Å²) in [6.45, 7) is 5.35. The van der Waals surface area contributed by atoms with Gasteiger partial charge in [0.05, 0.1) is 12.2 Å². The maximum absolute atomic E-state index is 12.2. The molecule has 0 aliphatic carbocycles. The maximum Gasteiger partial charge on any atom is 0.265 e. The Morgan fingerprint density at radius 3 is 3.08 bits per heavy atom. The summed E-state index contributed by atoms with van der Waals surface area (Å²) in [4.78, 5) is 18.7. The summed E-state index contributed by atoms with van der Waals surface area (Å²) in [6.07, 6.45) is 3.43. The van der Waals surface area contributed by atoms with Gasteiger partial charge in [-0.05, 0) is 44.1 Å². The summed E-state index contributed by atoms with van der Waals surface area (Å²) in [7, 11) is 0. The number of carbonyl (C=O) groups is 1. The molecule has 2 aliphatic heterocycles. The van der Waals surface area contributed by atoms with Gasteiger partial charge >= 0.3 is 0 Å². The Hall–Kier alpha value is -1.89. The third-order valence-electron chi connectivity index (χ3n) is 4.48. The highest BCUT2D eigenvalue weighted by Gasteiger charge is 2.24. The molecule has 1 aromatic carbocycles. The van der Waals surface area contributed by atoms with E-state index in [9.17, 15) is 4.79 Å². The van der Waals surface area contributed by atoms with Crippen LogP contribution in [-0.4, -0.2) is 55.7 Å². The zero-order valence-corrected chi connectivity index (χ0v) is 16.2. The first-order valence-electron chi connectivity index (χ1n) is 9.44. The second kappa shape index (κ2) is 9.71. The molecule has 7 heteroatoms. The SMILES string of the molecule is CCNC(=NCC1CCCS1)NCCCN1C(=O)COc2ccccc21. The van der Waals surface area contributed by atoms with Crippen molar-refractivity contribution in [2.24, 2.45) is 4.99 Å². The van der Waals surface area contributed by atoms with Crippen molar-refractivity contribution in [2.45, 2.75) is 31.4 Å². The second-order valence-corrected chi connectivity index (χ2v) is 7.85. The van der Waals surface area contributed by atoms with Gasteiger partial charge in [0.1, 0.15) is 5.75 Å². The monoisotopic (exact) mass is 376 g/mol. The molecule has 142 valence electrons. The Morgan fingerprint density at radius 1 is 1.38 bits per heavy atom. The molecule has 1 atom stereocenters. The van der Waals surface area contributed by atoms with Crippen molar-refractivity contribution < 1.29 is 9.53 Å². The maximum atomic E-state index is 12.2. The lowest BCUT2D eigenvalue weighted by molar-refractivity contribution is -0.121. The van der Waals surface area contributed by atoms with Crippen molar-refractivity contribution in [3.63, 3.8) is 0 Å². The summed E-state index contributed by atoms with van der Waals surface area (Å²) < 4.78 is 5.49. The average molecular weight is 377 g/mol. The summed E-state index contributed by atoms with van der Waals surface area (Å²) in [6, 6.07) is 7.70. The van der Waals surface area contributed by atoms with E-state index in [4.69, 9.17) is 9.73 Å². The minimum absolute atomic E-state index is 0.0162. The molecule has 1 unspecified atom stereocenters. The van der Waals surface area contributed by atoms with Gasteiger partial charge < -0.3 is 20.3 Å². The number of anilines is 1. The highest BCUT2D eigenvalue weighted by Crippen LogP contribution is 2.31. The van der Waals surface area contributed by atoms with E-state index in [1.54, 1.807) is 0 Å². The van der Waals surface area contributed by atoms with E-state index in [2.05, 4.69) is 17.6 Å². The summed E-state index contributed by atoms with van der Waals surface area (Å²) in [5, 5.41) is 7.34. The number of para-hydroxylation sites is 2. The molecule has 0 spiro atoms. The van der Waals surface area contributed by atoms with Gasteiger partial charge in [0.25, 0.3) is 5.91 Å². The van der Waals surface area contributed by atoms with Crippen LogP contribution in [0.4, 0.5) is 5.69 Å². The van der Waals surface area contributed by atoms with Crippen molar-refractivity contribution in [3.05, 3.63) is 24.3 Å². The molecule has 1 fully saturated rings. The zero-order chi connectivity index (χ0) is 18.2. The van der Waals surface area contributed by atoms with Crippen LogP contribution in [-0.2, 0) is 4.79 Å². The molecule has 1 amide bonds. The summed E-state index contributed by atoms with van der Waals surface area (Å²) in [5.74, 6) is 2.93. The van der Waals surface area contributed by atoms with Gasteiger partial charge in [-0.25, -0.2) is 0 Å². The largest absolute Gasteiger partial charge is 0.482 e. The number of ether oxygens (including phenoxy) is 1. The Balaban J connectivity index is 1.47. The van der Waals surface area contributed by atoms with Crippen molar-refractivity contribution in [1.82, 2.24) is 10.6 Å². The van der Waals surface area contributed by atoms with Gasteiger partial charge in [0.15, 0.2) is 12.6 Å². The van der Waals surface area contributed by atoms with Crippen molar-refractivity contribution >= 4 is 29.3 Å². The summed E-state index contributed by atoms with van der Waals surface area (Å²) >= 11 is 2.02. The fraction of sp³-hybridized carbons (Fsp3) is 0.579. The summed E-state index contributed by atoms with van der Waals surface area (Å²) in [5.41, 5.74) is 0.864. The minimum Gasteiger partial charge on any atom is -0.482 e. The lowest BCUT2D eigenvalue weighted by Crippen LogP contribution is -2.42. The number of nitrogens with one attached hydrogen (secondary N) is 2. The van der Waals surface area contributed by atoms with E-state index in [1.165, 1.54) is 18.6 Å². The van der Waals surface area contributed by atoms with E-state index >= 15 is 0 Å². The molecule has 2 N–H and O–H groups in total. The first kappa shape index (κ1) is 18.9. The molecule has 3 rings (SSSR count). The normalized spacial score (nSPS) is 19.9. The number of carbonyl (C=O) groups excluding carboxylic acids is 1. The van der Waals surface area contributed by atoms with Crippen LogP contribution in [0.1, 0.15) is 26.2 Å². The molecule has 0 bridgehead atoms. The lowest BCUT2D eigenvalue weighted by atomic mass is 10.2. The Bertz CT molecular complexity index is 632. The molecule has 1 aromatic rings. The standard InChI is InChI=1S/C19H28N4O2S/c1-2-20-19(22-13-15-7-5-12-26-15)21-10-6-11-23-16-8-3-4-9-17(16)25-14-18(23)24/h3-4,8-9,15H,2,5-7,10-14H2,1H3,(H2,20,21,22). The number of amides is 1. The predicted octanol–water partition coefficient (Wildman–Crippen LogP) is 2.25. The first-order valence-corrected chi connectivity index (χ1v) is 10.5. The number of fused-ring (bicyclic) bond motifs is 1. The van der Waals surface area contributed by atoms with Gasteiger partial charge in [-0.1, -0.05) is 12.1 Å². The van der Waals surface area contributed by atoms with Crippen LogP contribution < -0.4 is 20.3 Å². The van der Waals surface area contributed by atoms with Crippen LogP contribution in [0.3, 0.4) is 0 Å². The number of hydrogen-bond acceptors (Lipinski definition) is 4. The molecule has 26 heavy (non-hydrogen) atoms. The molecule has 0 saturated carbocycles. The Kier molecular flexibility index (Phi) is 7.05. The van der Waals surface area contributed by atoms with Crippen LogP contribution in [0, 0.1) is 0 Å². The number of nitrogens with zero attached hydrogens (tertiary/aromatic N) is 2. The molecule has 0 aromatic heterocycles. The van der Waals surface area contributed by atoms with Crippen LogP contribution in [0.2, 0.25) is 0 Å². The van der Waals surface area contributed by atoms with E-state index in [-0.39, 0.29) is 12.5 Å². The van der Waals surface area contributed by atoms with Gasteiger partial charge in [0.2, 0.25) is 0 Å². The highest BCUT2D eigenvalue weighted by molar-refractivity contribution is 8.00. The molecule has 0 radical (unpaired) electrons. The van der Waals surface area contributed by atoms with Gasteiger partial charge in [-0.3, -0.25) is 9.79 Å². The number of thioether (sulfide) groups is 1. The third-order valence-corrected chi connectivity index (χ3v) is 5.86. The Morgan fingerprint density at radius 2 is 2.27 bits per heavy atom. The molecule has 2 heterocycles. The topological polar surface area (TPSA) is 66.0 Å². The minimum atomic E-state index is 0.0162. The molecule has 2 aliphatic rings. The van der Waals surface area contributed by atoms with E-state index in [0.29, 0.717) is 11.8 Å². The first-order chi connectivity index (χ1) is 12.8. The average Bonchev–Trinajstić information content (AvgIpc) is 3.18. The third kappa shape index (κ3) is 5.06. The van der Waals surface area contributed by atoms with Gasteiger partial charge in [0, 0.05) is 24.9 Å². The van der Waals surface area contributed by atoms with E-state index in [1.807, 2.05) is 40.9 Å². The van der Waals surface area contributed by atoms with Crippen molar-refractivity contribution in [3.8, 4) is 5.75 Å². The quantitative estimate of drug-likeness (QED) is 0.434. The second-order valence-electron chi connectivity index (χ2n) is 6.44. The molecular weight excluding hydrogens is 348 g/mol. The fourth-order valence-corrected chi connectivity index (χ4v) is 4.35. The molecular formula is C19H28N4O2S. The van der Waals surface area contributed by atoms with Crippen LogP contribution >= 0.6 is 11.8 Å².